The minimum atomic E-state index is -0.361. The fraction of sp³-hybridized carbons (Fsp3) is 0.455. The highest BCUT2D eigenvalue weighted by Crippen LogP contribution is 2.48. The number of nitrogens with zero attached hydrogens (tertiary/aromatic N) is 1. The number of hydrogen-bond acceptors (Lipinski definition) is 4. The molecule has 3 atom stereocenters. The van der Waals surface area contributed by atoms with Crippen LogP contribution in [-0.2, 0) is 0 Å². The predicted octanol–water partition coefficient (Wildman–Crippen LogP) is 5.82. The van der Waals surface area contributed by atoms with Gasteiger partial charge in [0.15, 0.2) is 0 Å². The largest absolute Gasteiger partial charge is 0.394 e. The number of aliphatic hydroxyl groups excluding tert-OH is 1. The van der Waals surface area contributed by atoms with E-state index in [1.54, 1.807) is 23.9 Å². The van der Waals surface area contributed by atoms with E-state index >= 15 is 0 Å². The molecule has 2 fully saturated rings. The molecule has 7 heteroatoms. The molecule has 1 aliphatic heterocycles. The van der Waals surface area contributed by atoms with Gasteiger partial charge >= 0.3 is 0 Å². The summed E-state index contributed by atoms with van der Waals surface area (Å²) in [4.78, 5) is 2.34. The number of hydrogen-bond donors (Lipinski definition) is 2. The third kappa shape index (κ3) is 5.02. The Morgan fingerprint density at radius 3 is 2.69 bits per heavy atom. The number of nitrogens with one attached hydrogen (secondary N) is 1. The fourth-order valence-electron chi connectivity index (χ4n) is 3.99. The van der Waals surface area contributed by atoms with Crippen LogP contribution < -0.4 is 5.32 Å². The Labute approximate surface area is 185 Å². The quantitative estimate of drug-likeness (QED) is 0.526. The first kappa shape index (κ1) is 21.3. The van der Waals surface area contributed by atoms with Gasteiger partial charge in [0.2, 0.25) is 0 Å². The molecule has 156 valence electrons. The van der Waals surface area contributed by atoms with Crippen molar-refractivity contribution in [2.75, 3.05) is 25.0 Å². The standard InChI is InChI=1S/C22H25Cl2FN2OS/c23-15-3-1-4-16(11-15)26-12-19-22(17-5-2-6-18(24)21(17)25)29-20(13-28)27(19)10-9-14-7-8-14/h1-6,11,14,19-20,22,26,28H,7-10,12-13H2/t19?,20-,22?/m1/s1. The molecule has 0 bridgehead atoms. The van der Waals surface area contributed by atoms with Gasteiger partial charge in [0.1, 0.15) is 5.82 Å². The lowest BCUT2D eigenvalue weighted by molar-refractivity contribution is 0.146. The predicted molar refractivity (Wildman–Crippen MR) is 120 cm³/mol. The molecule has 0 amide bonds. The number of halogens is 3. The van der Waals surface area contributed by atoms with Crippen molar-refractivity contribution in [2.45, 2.75) is 35.9 Å². The molecule has 4 rings (SSSR count). The molecule has 0 aromatic heterocycles. The second kappa shape index (κ2) is 9.44. The van der Waals surface area contributed by atoms with Gasteiger partial charge < -0.3 is 10.4 Å². The molecular weight excluding hydrogens is 430 g/mol. The SMILES string of the molecule is OC[C@H]1SC(c2cccc(Cl)c2F)C(CNc2cccc(Cl)c2)N1CCC1CC1. The van der Waals surface area contributed by atoms with Gasteiger partial charge in [-0.1, -0.05) is 54.2 Å². The highest BCUT2D eigenvalue weighted by Gasteiger charge is 2.43. The average Bonchev–Trinajstić information content (AvgIpc) is 3.47. The highest BCUT2D eigenvalue weighted by molar-refractivity contribution is 8.00. The molecule has 1 saturated heterocycles. The van der Waals surface area contributed by atoms with E-state index in [9.17, 15) is 9.50 Å². The van der Waals surface area contributed by atoms with E-state index < -0.39 is 0 Å². The Morgan fingerprint density at radius 1 is 1.17 bits per heavy atom. The van der Waals surface area contributed by atoms with Crippen molar-refractivity contribution in [3.05, 3.63) is 63.9 Å². The minimum absolute atomic E-state index is 0.0304. The molecule has 2 aliphatic rings. The summed E-state index contributed by atoms with van der Waals surface area (Å²) in [5, 5.41) is 14.1. The molecule has 2 unspecified atom stereocenters. The van der Waals surface area contributed by atoms with E-state index in [0.717, 1.165) is 24.6 Å². The van der Waals surface area contributed by atoms with Gasteiger partial charge in [0.25, 0.3) is 0 Å². The van der Waals surface area contributed by atoms with E-state index in [1.165, 1.54) is 12.8 Å². The van der Waals surface area contributed by atoms with Gasteiger partial charge in [-0.15, -0.1) is 11.8 Å². The van der Waals surface area contributed by atoms with Gasteiger partial charge in [0.05, 0.1) is 22.3 Å². The van der Waals surface area contributed by atoms with Gasteiger partial charge in [0, 0.05) is 28.9 Å². The number of aliphatic hydroxyl groups is 1. The summed E-state index contributed by atoms with van der Waals surface area (Å²) in [6.45, 7) is 1.58. The van der Waals surface area contributed by atoms with Crippen molar-refractivity contribution in [1.82, 2.24) is 4.90 Å². The van der Waals surface area contributed by atoms with Crippen molar-refractivity contribution in [2.24, 2.45) is 5.92 Å². The van der Waals surface area contributed by atoms with Crippen LogP contribution in [-0.4, -0.2) is 41.1 Å². The molecule has 0 radical (unpaired) electrons. The second-order valence-electron chi connectivity index (χ2n) is 7.77. The lowest BCUT2D eigenvalue weighted by Gasteiger charge is -2.30. The first-order chi connectivity index (χ1) is 14.1. The monoisotopic (exact) mass is 454 g/mol. The molecule has 2 aromatic rings. The summed E-state index contributed by atoms with van der Waals surface area (Å²) in [5.41, 5.74) is 1.54. The van der Waals surface area contributed by atoms with Crippen molar-refractivity contribution in [3.8, 4) is 0 Å². The lowest BCUT2D eigenvalue weighted by atomic mass is 10.0. The Morgan fingerprint density at radius 2 is 1.97 bits per heavy atom. The van der Waals surface area contributed by atoms with Gasteiger partial charge in [-0.3, -0.25) is 4.90 Å². The zero-order valence-corrected chi connectivity index (χ0v) is 18.4. The second-order valence-corrected chi connectivity index (χ2v) is 9.93. The molecular formula is C22H25Cl2FN2OS. The summed E-state index contributed by atoms with van der Waals surface area (Å²) >= 11 is 13.8. The van der Waals surface area contributed by atoms with Crippen molar-refractivity contribution in [1.29, 1.82) is 0 Å². The van der Waals surface area contributed by atoms with Crippen LogP contribution in [0.15, 0.2) is 42.5 Å². The first-order valence-electron chi connectivity index (χ1n) is 10.0. The van der Waals surface area contributed by atoms with E-state index in [0.29, 0.717) is 17.1 Å². The molecule has 1 aliphatic carbocycles. The van der Waals surface area contributed by atoms with E-state index in [1.807, 2.05) is 30.3 Å². The Kier molecular flexibility index (Phi) is 6.92. The lowest BCUT2D eigenvalue weighted by Crippen LogP contribution is -2.43. The van der Waals surface area contributed by atoms with Crippen LogP contribution in [0.2, 0.25) is 10.0 Å². The third-order valence-corrected chi connectivity index (χ3v) is 7.85. The highest BCUT2D eigenvalue weighted by atomic mass is 35.5. The van der Waals surface area contributed by atoms with E-state index in [2.05, 4.69) is 10.2 Å². The molecule has 2 N–H and O–H groups in total. The van der Waals surface area contributed by atoms with Gasteiger partial charge in [-0.05, 0) is 43.1 Å². The van der Waals surface area contributed by atoms with Gasteiger partial charge in [-0.25, -0.2) is 4.39 Å². The summed E-state index contributed by atoms with van der Waals surface area (Å²) < 4.78 is 14.9. The normalized spacial score (nSPS) is 24.8. The van der Waals surface area contributed by atoms with E-state index in [4.69, 9.17) is 23.2 Å². The summed E-state index contributed by atoms with van der Waals surface area (Å²) in [7, 11) is 0. The maximum absolute atomic E-state index is 14.9. The minimum Gasteiger partial charge on any atom is -0.394 e. The van der Waals surface area contributed by atoms with Crippen LogP contribution in [0.4, 0.5) is 10.1 Å². The number of benzene rings is 2. The molecule has 3 nitrogen and oxygen atoms in total. The molecule has 1 heterocycles. The number of rotatable bonds is 8. The maximum atomic E-state index is 14.9. The summed E-state index contributed by atoms with van der Waals surface area (Å²) in [6.07, 6.45) is 3.71. The molecule has 29 heavy (non-hydrogen) atoms. The van der Waals surface area contributed by atoms with Crippen LogP contribution in [0.5, 0.6) is 0 Å². The van der Waals surface area contributed by atoms with Crippen LogP contribution in [0, 0.1) is 11.7 Å². The van der Waals surface area contributed by atoms with Crippen LogP contribution in [0.25, 0.3) is 0 Å². The number of thioether (sulfide) groups is 1. The summed E-state index contributed by atoms with van der Waals surface area (Å²) in [6, 6.07) is 12.8. The average molecular weight is 455 g/mol. The summed E-state index contributed by atoms with van der Waals surface area (Å²) in [5.74, 6) is 0.433. The topological polar surface area (TPSA) is 35.5 Å². The Bertz CT molecular complexity index is 851. The third-order valence-electron chi connectivity index (χ3n) is 5.73. The first-order valence-corrected chi connectivity index (χ1v) is 11.7. The molecule has 0 spiro atoms. The van der Waals surface area contributed by atoms with Crippen LogP contribution in [0.3, 0.4) is 0 Å². The molecule has 1 saturated carbocycles. The Balaban J connectivity index is 1.59. The number of anilines is 1. The Hall–Kier alpha value is -0.980. The van der Waals surface area contributed by atoms with Crippen LogP contribution >= 0.6 is 35.0 Å². The van der Waals surface area contributed by atoms with E-state index in [-0.39, 0.29) is 34.1 Å². The fourth-order valence-corrected chi connectivity index (χ4v) is 5.96. The maximum Gasteiger partial charge on any atom is 0.146 e. The molecule has 2 aromatic carbocycles. The zero-order chi connectivity index (χ0) is 20.4. The van der Waals surface area contributed by atoms with Gasteiger partial charge in [-0.2, -0.15) is 0 Å². The van der Waals surface area contributed by atoms with Crippen LogP contribution in [0.1, 0.15) is 30.1 Å². The van der Waals surface area contributed by atoms with Crippen molar-refractivity contribution in [3.63, 3.8) is 0 Å². The smallest absolute Gasteiger partial charge is 0.146 e. The van der Waals surface area contributed by atoms with Crippen molar-refractivity contribution >= 4 is 40.7 Å². The van der Waals surface area contributed by atoms with Crippen molar-refractivity contribution < 1.29 is 9.50 Å². The zero-order valence-electron chi connectivity index (χ0n) is 16.0.